The SMILES string of the molecule is Cn1c2c(c3ccccc31)CCC=C2.N/C(=C1/C=CC=CN1)c1ccc(-c2ccccc2)cc1. The molecule has 34 heavy (non-hydrogen) atoms. The van der Waals surface area contributed by atoms with Crippen molar-refractivity contribution < 1.29 is 0 Å². The Labute approximate surface area is 201 Å². The second kappa shape index (κ2) is 9.72. The van der Waals surface area contributed by atoms with Crippen LogP contribution in [-0.4, -0.2) is 4.57 Å². The van der Waals surface area contributed by atoms with E-state index >= 15 is 0 Å². The summed E-state index contributed by atoms with van der Waals surface area (Å²) >= 11 is 0. The van der Waals surface area contributed by atoms with E-state index < -0.39 is 0 Å². The fourth-order valence-corrected chi connectivity index (χ4v) is 4.58. The van der Waals surface area contributed by atoms with Crippen LogP contribution in [0.3, 0.4) is 0 Å². The fourth-order valence-electron chi connectivity index (χ4n) is 4.58. The van der Waals surface area contributed by atoms with E-state index in [2.05, 4.69) is 89.7 Å². The molecule has 1 aliphatic heterocycles. The first kappa shape index (κ1) is 21.6. The summed E-state index contributed by atoms with van der Waals surface area (Å²) in [5.41, 5.74) is 15.6. The van der Waals surface area contributed by atoms with Gasteiger partial charge in [-0.2, -0.15) is 0 Å². The second-order valence-corrected chi connectivity index (χ2v) is 8.51. The lowest BCUT2D eigenvalue weighted by atomic mass is 10.0. The minimum absolute atomic E-state index is 0.755. The molecule has 3 heteroatoms. The van der Waals surface area contributed by atoms with Crippen molar-refractivity contribution >= 4 is 22.7 Å². The van der Waals surface area contributed by atoms with Gasteiger partial charge in [-0.3, -0.25) is 0 Å². The summed E-state index contributed by atoms with van der Waals surface area (Å²) in [6, 6.07) is 27.3. The van der Waals surface area contributed by atoms with E-state index in [1.807, 2.05) is 42.6 Å². The maximum Gasteiger partial charge on any atom is 0.0626 e. The van der Waals surface area contributed by atoms with Crippen molar-refractivity contribution in [1.29, 1.82) is 0 Å². The zero-order valence-corrected chi connectivity index (χ0v) is 19.4. The van der Waals surface area contributed by atoms with Crippen molar-refractivity contribution in [3.63, 3.8) is 0 Å². The maximum absolute atomic E-state index is 6.19. The van der Waals surface area contributed by atoms with Crippen LogP contribution in [0.25, 0.3) is 33.8 Å². The second-order valence-electron chi connectivity index (χ2n) is 8.51. The Morgan fingerprint density at radius 1 is 0.824 bits per heavy atom. The van der Waals surface area contributed by atoms with Gasteiger partial charge in [-0.25, -0.2) is 0 Å². The first-order valence-corrected chi connectivity index (χ1v) is 11.7. The van der Waals surface area contributed by atoms with Gasteiger partial charge in [0.2, 0.25) is 0 Å². The van der Waals surface area contributed by atoms with E-state index in [9.17, 15) is 0 Å². The largest absolute Gasteiger partial charge is 0.397 e. The van der Waals surface area contributed by atoms with Crippen molar-refractivity contribution in [2.45, 2.75) is 12.8 Å². The summed E-state index contributed by atoms with van der Waals surface area (Å²) in [7, 11) is 2.15. The Bertz CT molecular complexity index is 1420. The summed E-state index contributed by atoms with van der Waals surface area (Å²) in [6.45, 7) is 0. The van der Waals surface area contributed by atoms with Crippen molar-refractivity contribution in [1.82, 2.24) is 9.88 Å². The number of nitrogens with zero attached hydrogens (tertiary/aromatic N) is 1. The Kier molecular flexibility index (Phi) is 6.17. The third-order valence-electron chi connectivity index (χ3n) is 6.40. The molecular formula is C31H29N3. The molecule has 3 nitrogen and oxygen atoms in total. The highest BCUT2D eigenvalue weighted by Crippen LogP contribution is 2.30. The number of rotatable bonds is 2. The van der Waals surface area contributed by atoms with Crippen LogP contribution in [0.1, 0.15) is 23.2 Å². The van der Waals surface area contributed by atoms with Crippen LogP contribution >= 0.6 is 0 Å². The van der Waals surface area contributed by atoms with Gasteiger partial charge in [0.15, 0.2) is 0 Å². The van der Waals surface area contributed by atoms with Gasteiger partial charge < -0.3 is 15.6 Å². The van der Waals surface area contributed by atoms with Gasteiger partial charge in [-0.05, 0) is 59.4 Å². The van der Waals surface area contributed by atoms with Gasteiger partial charge >= 0.3 is 0 Å². The van der Waals surface area contributed by atoms with Crippen LogP contribution in [0.15, 0.2) is 115 Å². The number of allylic oxidation sites excluding steroid dienone is 4. The van der Waals surface area contributed by atoms with Crippen molar-refractivity contribution in [2.24, 2.45) is 12.8 Å². The lowest BCUT2D eigenvalue weighted by Gasteiger charge is -2.11. The average molecular weight is 444 g/mol. The van der Waals surface area contributed by atoms with Gasteiger partial charge in [-0.1, -0.05) is 84.9 Å². The Morgan fingerprint density at radius 3 is 2.32 bits per heavy atom. The molecule has 0 fully saturated rings. The molecule has 3 aromatic carbocycles. The molecule has 0 spiro atoms. The molecule has 168 valence electrons. The van der Waals surface area contributed by atoms with Crippen LogP contribution in [0, 0.1) is 0 Å². The first-order valence-electron chi connectivity index (χ1n) is 11.7. The zero-order valence-electron chi connectivity index (χ0n) is 19.4. The smallest absolute Gasteiger partial charge is 0.0626 e. The van der Waals surface area contributed by atoms with E-state index in [-0.39, 0.29) is 0 Å². The lowest BCUT2D eigenvalue weighted by molar-refractivity contribution is 0.908. The Balaban J connectivity index is 0.000000150. The normalized spacial score (nSPS) is 15.3. The predicted octanol–water partition coefficient (Wildman–Crippen LogP) is 6.79. The molecule has 0 bridgehead atoms. The van der Waals surface area contributed by atoms with E-state index in [1.165, 1.54) is 46.1 Å². The molecule has 1 aliphatic carbocycles. The average Bonchev–Trinajstić information content (AvgIpc) is 3.22. The summed E-state index contributed by atoms with van der Waals surface area (Å²) in [5.74, 6) is 0. The third kappa shape index (κ3) is 4.33. The Hall–Kier alpha value is -4.24. The summed E-state index contributed by atoms with van der Waals surface area (Å²) in [4.78, 5) is 0. The summed E-state index contributed by atoms with van der Waals surface area (Å²) in [6.07, 6.45) is 14.6. The fraction of sp³-hybridized carbons (Fsp3) is 0.0968. The van der Waals surface area contributed by atoms with Gasteiger partial charge in [0, 0.05) is 29.8 Å². The molecule has 0 atom stereocenters. The van der Waals surface area contributed by atoms with Crippen LogP contribution < -0.4 is 11.1 Å². The van der Waals surface area contributed by atoms with E-state index in [4.69, 9.17) is 5.73 Å². The molecule has 0 saturated heterocycles. The number of hydrogen-bond donors (Lipinski definition) is 2. The summed E-state index contributed by atoms with van der Waals surface area (Å²) in [5, 5.41) is 4.58. The molecular weight excluding hydrogens is 414 g/mol. The molecule has 4 aromatic rings. The monoisotopic (exact) mass is 443 g/mol. The lowest BCUT2D eigenvalue weighted by Crippen LogP contribution is -2.12. The summed E-state index contributed by atoms with van der Waals surface area (Å²) < 4.78 is 2.29. The number of fused-ring (bicyclic) bond motifs is 3. The predicted molar refractivity (Wildman–Crippen MR) is 145 cm³/mol. The van der Waals surface area contributed by atoms with Crippen LogP contribution in [-0.2, 0) is 13.5 Å². The quantitative estimate of drug-likeness (QED) is 0.358. The number of nitrogens with two attached hydrogens (primary N) is 1. The highest BCUT2D eigenvalue weighted by atomic mass is 14.9. The van der Waals surface area contributed by atoms with Gasteiger partial charge in [0.1, 0.15) is 0 Å². The Morgan fingerprint density at radius 2 is 1.56 bits per heavy atom. The minimum atomic E-state index is 0.755. The molecule has 6 rings (SSSR count). The zero-order chi connectivity index (χ0) is 23.3. The molecule has 2 aliphatic rings. The van der Waals surface area contributed by atoms with Gasteiger partial charge in [-0.15, -0.1) is 0 Å². The highest BCUT2D eigenvalue weighted by Gasteiger charge is 2.13. The molecule has 0 unspecified atom stereocenters. The standard InChI is InChI=1S/C18H16N2.C13H13N/c19-18(17-8-4-5-13-20-17)16-11-9-15(10-12-16)14-6-2-1-3-7-14;1-14-12-8-4-2-6-10(12)11-7-3-5-9-13(11)14/h1-13,20H,19H2;2,4-6,8-9H,3,7H2,1H3/b18-17-;. The highest BCUT2D eigenvalue weighted by molar-refractivity contribution is 5.88. The number of aromatic nitrogens is 1. The number of dihydropyridines is 1. The van der Waals surface area contributed by atoms with E-state index in [0.29, 0.717) is 0 Å². The first-order chi connectivity index (χ1) is 16.7. The molecule has 3 N–H and O–H groups in total. The van der Waals surface area contributed by atoms with Crippen molar-refractivity contribution in [3.05, 3.63) is 132 Å². The number of aryl methyl sites for hydroxylation is 2. The molecule has 1 aromatic heterocycles. The van der Waals surface area contributed by atoms with Gasteiger partial charge in [0.25, 0.3) is 0 Å². The third-order valence-corrected chi connectivity index (χ3v) is 6.40. The van der Waals surface area contributed by atoms with Gasteiger partial charge in [0.05, 0.1) is 11.4 Å². The minimum Gasteiger partial charge on any atom is -0.397 e. The maximum atomic E-state index is 6.19. The number of benzene rings is 3. The molecule has 0 amide bonds. The molecule has 0 radical (unpaired) electrons. The van der Waals surface area contributed by atoms with E-state index in [0.717, 1.165) is 17.0 Å². The number of nitrogens with one attached hydrogen (secondary N) is 1. The molecule has 2 heterocycles. The van der Waals surface area contributed by atoms with Crippen molar-refractivity contribution in [2.75, 3.05) is 0 Å². The van der Waals surface area contributed by atoms with Crippen molar-refractivity contribution in [3.8, 4) is 11.1 Å². The topological polar surface area (TPSA) is 43.0 Å². The number of hydrogen-bond acceptors (Lipinski definition) is 2. The van der Waals surface area contributed by atoms with E-state index in [1.54, 1.807) is 0 Å². The van der Waals surface area contributed by atoms with Crippen LogP contribution in [0.5, 0.6) is 0 Å². The van der Waals surface area contributed by atoms with Crippen LogP contribution in [0.2, 0.25) is 0 Å². The number of para-hydroxylation sites is 1. The van der Waals surface area contributed by atoms with Crippen LogP contribution in [0.4, 0.5) is 0 Å². The molecule has 0 saturated carbocycles.